The summed E-state index contributed by atoms with van der Waals surface area (Å²) in [6.45, 7) is 3.34. The van der Waals surface area contributed by atoms with E-state index in [0.29, 0.717) is 11.3 Å². The highest BCUT2D eigenvalue weighted by Gasteiger charge is 2.14. The summed E-state index contributed by atoms with van der Waals surface area (Å²) in [5.41, 5.74) is 1.11. The second kappa shape index (κ2) is 2.36. The Hall–Kier alpha value is -0.930. The third-order valence-electron chi connectivity index (χ3n) is 1.50. The minimum atomic E-state index is -2.47. The van der Waals surface area contributed by atoms with Gasteiger partial charge in [0.15, 0.2) is 0 Å². The molecule has 0 unspecified atom stereocenters. The van der Waals surface area contributed by atoms with E-state index in [-0.39, 0.29) is 7.12 Å². The van der Waals surface area contributed by atoms with Crippen molar-refractivity contribution in [2.45, 2.75) is 20.3 Å². The Labute approximate surface area is 58.7 Å². The number of nitrogens with one attached hydrogen (secondary N) is 1. The molecule has 0 fully saturated rings. The Kier molecular flexibility index (Phi) is 1.70. The van der Waals surface area contributed by atoms with Crippen molar-refractivity contribution in [1.29, 1.82) is 0 Å². The number of aromatic nitrogens is 2. The van der Waals surface area contributed by atoms with Crippen molar-refractivity contribution < 1.29 is 10.2 Å². The van der Waals surface area contributed by atoms with Gasteiger partial charge >= 0.3 is 0 Å². The maximum Gasteiger partial charge on any atom is 0.282 e. The summed E-state index contributed by atoms with van der Waals surface area (Å²) >= 11 is 0. The van der Waals surface area contributed by atoms with Crippen LogP contribution in [0.25, 0.3) is 0 Å². The lowest BCUT2D eigenvalue weighted by atomic mass is 10.2. The molecule has 0 aliphatic carbocycles. The lowest BCUT2D eigenvalue weighted by Gasteiger charge is -1.92. The van der Waals surface area contributed by atoms with Gasteiger partial charge in [-0.15, -0.1) is 0 Å². The molecule has 0 radical (unpaired) electrons. The smallest absolute Gasteiger partial charge is 0.282 e. The number of aromatic amines is 1. The standard InChI is InChI=1S/C6H8F2N2.H2/c1-3-4(2)9-10-5(3)6(7)8;/h6H,1-2H3,(H,9,10);1H. The van der Waals surface area contributed by atoms with Crippen LogP contribution in [0.4, 0.5) is 8.78 Å². The van der Waals surface area contributed by atoms with Crippen LogP contribution in [0.3, 0.4) is 0 Å². The van der Waals surface area contributed by atoms with Crippen molar-refractivity contribution in [2.24, 2.45) is 0 Å². The zero-order valence-electron chi connectivity index (χ0n) is 5.78. The van der Waals surface area contributed by atoms with E-state index in [2.05, 4.69) is 10.2 Å². The van der Waals surface area contributed by atoms with Crippen LogP contribution in [0.1, 0.15) is 24.8 Å². The van der Waals surface area contributed by atoms with Crippen molar-refractivity contribution in [2.75, 3.05) is 0 Å². The Morgan fingerprint density at radius 2 is 2.10 bits per heavy atom. The van der Waals surface area contributed by atoms with Gasteiger partial charge in [0, 0.05) is 7.12 Å². The van der Waals surface area contributed by atoms with Crippen molar-refractivity contribution in [3.05, 3.63) is 17.0 Å². The number of hydrogen-bond acceptors (Lipinski definition) is 1. The summed E-state index contributed by atoms with van der Waals surface area (Å²) in [5.74, 6) is 0. The Bertz CT molecular complexity index is 234. The van der Waals surface area contributed by atoms with Crippen LogP contribution in [0.15, 0.2) is 0 Å². The molecular weight excluding hydrogens is 138 g/mol. The van der Waals surface area contributed by atoms with E-state index in [1.165, 1.54) is 0 Å². The molecule has 0 bridgehead atoms. The van der Waals surface area contributed by atoms with Gasteiger partial charge < -0.3 is 0 Å². The first-order valence-electron chi connectivity index (χ1n) is 2.92. The van der Waals surface area contributed by atoms with E-state index in [1.807, 2.05) is 0 Å². The molecule has 1 rings (SSSR count). The van der Waals surface area contributed by atoms with E-state index < -0.39 is 6.43 Å². The van der Waals surface area contributed by atoms with Gasteiger partial charge in [0.1, 0.15) is 5.69 Å². The number of hydrogen-bond donors (Lipinski definition) is 1. The van der Waals surface area contributed by atoms with E-state index >= 15 is 0 Å². The summed E-state index contributed by atoms with van der Waals surface area (Å²) in [6, 6.07) is 0. The first-order chi connectivity index (χ1) is 4.63. The highest BCUT2D eigenvalue weighted by Crippen LogP contribution is 2.20. The SMILES string of the molecule is Cc1[nH]nc(C(F)F)c1C.[HH]. The predicted molar refractivity (Wildman–Crippen MR) is 35.1 cm³/mol. The molecule has 1 aromatic heterocycles. The van der Waals surface area contributed by atoms with Crippen molar-refractivity contribution in [3.63, 3.8) is 0 Å². The van der Waals surface area contributed by atoms with Crippen LogP contribution in [0, 0.1) is 13.8 Å². The minimum Gasteiger partial charge on any atom is -0.282 e. The van der Waals surface area contributed by atoms with Crippen molar-refractivity contribution in [1.82, 2.24) is 10.2 Å². The van der Waals surface area contributed by atoms with Gasteiger partial charge in [-0.25, -0.2) is 8.78 Å². The van der Waals surface area contributed by atoms with Gasteiger partial charge in [0.05, 0.1) is 0 Å². The zero-order chi connectivity index (χ0) is 7.72. The molecule has 0 aliphatic heterocycles. The van der Waals surface area contributed by atoms with E-state index in [9.17, 15) is 8.78 Å². The molecule has 0 aliphatic rings. The normalized spacial score (nSPS) is 10.9. The van der Waals surface area contributed by atoms with E-state index in [4.69, 9.17) is 0 Å². The first kappa shape index (κ1) is 7.18. The number of aryl methyl sites for hydroxylation is 1. The maximum absolute atomic E-state index is 12.0. The highest BCUT2D eigenvalue weighted by molar-refractivity contribution is 5.22. The molecule has 1 N–H and O–H groups in total. The number of nitrogens with zero attached hydrogens (tertiary/aromatic N) is 1. The third-order valence-corrected chi connectivity index (χ3v) is 1.50. The number of halogens is 2. The van der Waals surface area contributed by atoms with Gasteiger partial charge in [0.25, 0.3) is 6.43 Å². The fraction of sp³-hybridized carbons (Fsp3) is 0.500. The maximum atomic E-state index is 12.0. The molecule has 1 aromatic rings. The highest BCUT2D eigenvalue weighted by atomic mass is 19.3. The summed E-state index contributed by atoms with van der Waals surface area (Å²) in [4.78, 5) is 0. The molecule has 0 aromatic carbocycles. The van der Waals surface area contributed by atoms with E-state index in [0.717, 1.165) is 0 Å². The molecule has 58 valence electrons. The van der Waals surface area contributed by atoms with Crippen LogP contribution in [0.5, 0.6) is 0 Å². The van der Waals surface area contributed by atoms with Crippen LogP contribution in [-0.2, 0) is 0 Å². The molecule has 4 heteroatoms. The van der Waals surface area contributed by atoms with Crippen molar-refractivity contribution >= 4 is 0 Å². The second-order valence-electron chi connectivity index (χ2n) is 2.16. The summed E-state index contributed by atoms with van der Waals surface area (Å²) in [7, 11) is 0. The zero-order valence-corrected chi connectivity index (χ0v) is 5.78. The number of H-pyrrole nitrogens is 1. The van der Waals surface area contributed by atoms with Gasteiger partial charge in [-0.05, 0) is 19.4 Å². The summed E-state index contributed by atoms with van der Waals surface area (Å²) in [5, 5.41) is 5.93. The lowest BCUT2D eigenvalue weighted by Crippen LogP contribution is -1.86. The minimum absolute atomic E-state index is 0. The lowest BCUT2D eigenvalue weighted by molar-refractivity contribution is 0.145. The van der Waals surface area contributed by atoms with E-state index in [1.54, 1.807) is 13.8 Å². The predicted octanol–water partition coefficient (Wildman–Crippen LogP) is 2.21. The molecule has 0 saturated carbocycles. The Balaban J connectivity index is 0.000001000. The Morgan fingerprint density at radius 1 is 1.50 bits per heavy atom. The number of alkyl halides is 2. The average Bonchev–Trinajstić information content (AvgIpc) is 2.14. The number of rotatable bonds is 1. The fourth-order valence-electron chi connectivity index (χ4n) is 0.716. The first-order valence-corrected chi connectivity index (χ1v) is 2.92. The molecule has 0 amide bonds. The van der Waals surface area contributed by atoms with Crippen molar-refractivity contribution in [3.8, 4) is 0 Å². The van der Waals surface area contributed by atoms with Gasteiger partial charge in [-0.1, -0.05) is 0 Å². The molecule has 10 heavy (non-hydrogen) atoms. The van der Waals surface area contributed by atoms with Crippen LogP contribution in [-0.4, -0.2) is 10.2 Å². The largest absolute Gasteiger partial charge is 0.282 e. The molecule has 0 saturated heterocycles. The van der Waals surface area contributed by atoms with Gasteiger partial charge in [-0.3, -0.25) is 5.10 Å². The quantitative estimate of drug-likeness (QED) is 0.649. The molecule has 1 heterocycles. The average molecular weight is 148 g/mol. The molecular formula is C6H10F2N2. The van der Waals surface area contributed by atoms with Gasteiger partial charge in [-0.2, -0.15) is 5.10 Å². The topological polar surface area (TPSA) is 28.7 Å². The van der Waals surface area contributed by atoms with Crippen LogP contribution >= 0.6 is 0 Å². The Morgan fingerprint density at radius 3 is 2.30 bits per heavy atom. The van der Waals surface area contributed by atoms with Crippen LogP contribution in [0.2, 0.25) is 0 Å². The second-order valence-corrected chi connectivity index (χ2v) is 2.16. The van der Waals surface area contributed by atoms with Crippen LogP contribution < -0.4 is 0 Å². The third kappa shape index (κ3) is 1.01. The van der Waals surface area contributed by atoms with Gasteiger partial charge in [0.2, 0.25) is 0 Å². The monoisotopic (exact) mass is 148 g/mol. The molecule has 2 nitrogen and oxygen atoms in total. The summed E-state index contributed by atoms with van der Waals surface area (Å²) in [6.07, 6.45) is -2.47. The summed E-state index contributed by atoms with van der Waals surface area (Å²) < 4.78 is 23.9. The fourth-order valence-corrected chi connectivity index (χ4v) is 0.716. The molecule has 0 spiro atoms. The molecule has 0 atom stereocenters.